The van der Waals surface area contributed by atoms with E-state index < -0.39 is 0 Å². The third-order valence-electron chi connectivity index (χ3n) is 6.84. The molecule has 2 heterocycles. The number of piperidine rings is 1. The van der Waals surface area contributed by atoms with Gasteiger partial charge in [-0.25, -0.2) is 4.79 Å². The number of carbonyl (C=O) groups excluding carboxylic acids is 2. The number of amides is 3. The number of carbonyl (C=O) groups is 2. The highest BCUT2D eigenvalue weighted by Gasteiger charge is 2.26. The van der Waals surface area contributed by atoms with Crippen molar-refractivity contribution in [2.45, 2.75) is 91.1 Å². The van der Waals surface area contributed by atoms with Gasteiger partial charge in [0.15, 0.2) is 0 Å². The summed E-state index contributed by atoms with van der Waals surface area (Å²) in [7, 11) is 0. The molecule has 3 rings (SSSR count). The fourth-order valence-electron chi connectivity index (χ4n) is 4.92. The standard InChI is InChI=1S/C23H39N5O2/c1-4-28-18(3)21(17(2)26-28)10-13-24-22(29)16-19-11-14-27(15-12-19)23(30)25-20-8-6-5-7-9-20/h19-20H,4-16H2,1-3H3,(H,24,29)(H,25,30). The van der Waals surface area contributed by atoms with Crippen molar-refractivity contribution in [2.75, 3.05) is 19.6 Å². The lowest BCUT2D eigenvalue weighted by Gasteiger charge is -2.33. The van der Waals surface area contributed by atoms with Gasteiger partial charge in [-0.05, 0) is 64.4 Å². The molecule has 0 bridgehead atoms. The molecule has 2 fully saturated rings. The van der Waals surface area contributed by atoms with Crippen LogP contribution in [0.15, 0.2) is 0 Å². The topological polar surface area (TPSA) is 79.3 Å². The van der Waals surface area contributed by atoms with E-state index in [-0.39, 0.29) is 11.9 Å². The summed E-state index contributed by atoms with van der Waals surface area (Å²) in [5.74, 6) is 0.494. The minimum absolute atomic E-state index is 0.0863. The number of aromatic nitrogens is 2. The summed E-state index contributed by atoms with van der Waals surface area (Å²) in [5, 5.41) is 10.8. The van der Waals surface area contributed by atoms with Crippen molar-refractivity contribution in [2.24, 2.45) is 5.92 Å². The van der Waals surface area contributed by atoms with Crippen molar-refractivity contribution < 1.29 is 9.59 Å². The quantitative estimate of drug-likeness (QED) is 0.714. The largest absolute Gasteiger partial charge is 0.356 e. The molecular formula is C23H39N5O2. The van der Waals surface area contributed by atoms with Crippen LogP contribution in [0.25, 0.3) is 0 Å². The number of aryl methyl sites for hydroxylation is 2. The van der Waals surface area contributed by atoms with E-state index in [1.165, 1.54) is 30.5 Å². The molecule has 1 aliphatic heterocycles. The maximum atomic E-state index is 12.5. The van der Waals surface area contributed by atoms with Crippen molar-refractivity contribution in [3.05, 3.63) is 17.0 Å². The monoisotopic (exact) mass is 417 g/mol. The Bertz CT molecular complexity index is 715. The van der Waals surface area contributed by atoms with Gasteiger partial charge in [-0.15, -0.1) is 0 Å². The Morgan fingerprint density at radius 2 is 1.77 bits per heavy atom. The molecule has 2 N–H and O–H groups in total. The first-order valence-electron chi connectivity index (χ1n) is 11.8. The van der Waals surface area contributed by atoms with Crippen molar-refractivity contribution in [3.63, 3.8) is 0 Å². The normalized spacial score (nSPS) is 18.4. The molecule has 1 aromatic heterocycles. The Morgan fingerprint density at radius 3 is 2.40 bits per heavy atom. The maximum Gasteiger partial charge on any atom is 0.317 e. The molecule has 168 valence electrons. The van der Waals surface area contributed by atoms with Gasteiger partial charge in [0.25, 0.3) is 0 Å². The second-order valence-electron chi connectivity index (χ2n) is 8.98. The van der Waals surface area contributed by atoms with Crippen molar-refractivity contribution in [1.29, 1.82) is 0 Å². The van der Waals surface area contributed by atoms with Crippen molar-refractivity contribution in [1.82, 2.24) is 25.3 Å². The Kier molecular flexibility index (Phi) is 8.16. The predicted molar refractivity (Wildman–Crippen MR) is 118 cm³/mol. The zero-order valence-corrected chi connectivity index (χ0v) is 19.0. The second kappa shape index (κ2) is 10.8. The van der Waals surface area contributed by atoms with E-state index in [0.29, 0.717) is 24.9 Å². The molecule has 0 atom stereocenters. The average Bonchev–Trinajstić information content (AvgIpc) is 3.02. The molecular weight excluding hydrogens is 378 g/mol. The van der Waals surface area contributed by atoms with Gasteiger partial charge in [0, 0.05) is 44.3 Å². The fraction of sp³-hybridized carbons (Fsp3) is 0.783. The van der Waals surface area contributed by atoms with Crippen LogP contribution in [-0.2, 0) is 17.8 Å². The first kappa shape index (κ1) is 22.6. The molecule has 3 amide bonds. The molecule has 0 radical (unpaired) electrons. The van der Waals surface area contributed by atoms with Gasteiger partial charge in [0.05, 0.1) is 5.69 Å². The van der Waals surface area contributed by atoms with Gasteiger partial charge in [0.1, 0.15) is 0 Å². The summed E-state index contributed by atoms with van der Waals surface area (Å²) in [6.45, 7) is 9.26. The smallest absolute Gasteiger partial charge is 0.317 e. The van der Waals surface area contributed by atoms with Crippen LogP contribution in [-0.4, -0.2) is 52.3 Å². The van der Waals surface area contributed by atoms with Gasteiger partial charge in [0.2, 0.25) is 5.91 Å². The number of nitrogens with one attached hydrogen (secondary N) is 2. The van der Waals surface area contributed by atoms with E-state index >= 15 is 0 Å². The molecule has 1 aliphatic carbocycles. The lowest BCUT2D eigenvalue weighted by molar-refractivity contribution is -0.122. The summed E-state index contributed by atoms with van der Waals surface area (Å²) in [4.78, 5) is 26.8. The lowest BCUT2D eigenvalue weighted by atomic mass is 9.93. The second-order valence-corrected chi connectivity index (χ2v) is 8.98. The highest BCUT2D eigenvalue weighted by molar-refractivity contribution is 5.76. The average molecular weight is 418 g/mol. The fourth-order valence-corrected chi connectivity index (χ4v) is 4.92. The van der Waals surface area contributed by atoms with E-state index in [2.05, 4.69) is 29.6 Å². The number of hydrogen-bond donors (Lipinski definition) is 2. The number of likely N-dealkylation sites (tertiary alicyclic amines) is 1. The number of nitrogens with zero attached hydrogens (tertiary/aromatic N) is 3. The van der Waals surface area contributed by atoms with Crippen LogP contribution in [0, 0.1) is 19.8 Å². The van der Waals surface area contributed by atoms with Crippen molar-refractivity contribution >= 4 is 11.9 Å². The van der Waals surface area contributed by atoms with E-state index in [1.807, 2.05) is 16.5 Å². The van der Waals surface area contributed by atoms with E-state index in [9.17, 15) is 9.59 Å². The Balaban J connectivity index is 1.34. The predicted octanol–water partition coefficient (Wildman–Crippen LogP) is 3.32. The summed E-state index contributed by atoms with van der Waals surface area (Å²) < 4.78 is 2.02. The first-order chi connectivity index (χ1) is 14.5. The number of hydrogen-bond acceptors (Lipinski definition) is 3. The van der Waals surface area contributed by atoms with Crippen LogP contribution < -0.4 is 10.6 Å². The first-order valence-corrected chi connectivity index (χ1v) is 11.8. The number of urea groups is 1. The molecule has 1 saturated carbocycles. The van der Waals surface area contributed by atoms with Gasteiger partial charge in [-0.3, -0.25) is 9.48 Å². The van der Waals surface area contributed by atoms with Crippen LogP contribution in [0.3, 0.4) is 0 Å². The van der Waals surface area contributed by atoms with Gasteiger partial charge < -0.3 is 15.5 Å². The molecule has 1 saturated heterocycles. The Hall–Kier alpha value is -2.05. The van der Waals surface area contributed by atoms with Crippen LogP contribution in [0.1, 0.15) is 75.2 Å². The molecule has 30 heavy (non-hydrogen) atoms. The highest BCUT2D eigenvalue weighted by atomic mass is 16.2. The van der Waals surface area contributed by atoms with E-state index in [0.717, 1.165) is 57.4 Å². The van der Waals surface area contributed by atoms with E-state index in [4.69, 9.17) is 0 Å². The van der Waals surface area contributed by atoms with E-state index in [1.54, 1.807) is 0 Å². The minimum atomic E-state index is 0.0863. The molecule has 7 heteroatoms. The van der Waals surface area contributed by atoms with Gasteiger partial charge >= 0.3 is 6.03 Å². The van der Waals surface area contributed by atoms with Crippen molar-refractivity contribution in [3.8, 4) is 0 Å². The molecule has 0 spiro atoms. The Labute approximate surface area is 181 Å². The van der Waals surface area contributed by atoms with Gasteiger partial charge in [-0.2, -0.15) is 5.10 Å². The third kappa shape index (κ3) is 5.99. The van der Waals surface area contributed by atoms with Gasteiger partial charge in [-0.1, -0.05) is 19.3 Å². The number of rotatable bonds is 7. The van der Waals surface area contributed by atoms with Crippen LogP contribution >= 0.6 is 0 Å². The van der Waals surface area contributed by atoms with Crippen LogP contribution in [0.5, 0.6) is 0 Å². The molecule has 1 aromatic rings. The SMILES string of the molecule is CCn1nc(C)c(CCNC(=O)CC2CCN(C(=O)NC3CCCCC3)CC2)c1C. The third-order valence-corrected chi connectivity index (χ3v) is 6.84. The summed E-state index contributed by atoms with van der Waals surface area (Å²) in [6, 6.07) is 0.439. The summed E-state index contributed by atoms with van der Waals surface area (Å²) in [6.07, 6.45) is 9.17. The highest BCUT2D eigenvalue weighted by Crippen LogP contribution is 2.22. The molecule has 7 nitrogen and oxygen atoms in total. The molecule has 0 aromatic carbocycles. The Morgan fingerprint density at radius 1 is 1.07 bits per heavy atom. The summed E-state index contributed by atoms with van der Waals surface area (Å²) in [5.41, 5.74) is 3.50. The zero-order chi connectivity index (χ0) is 21.5. The minimum Gasteiger partial charge on any atom is -0.356 e. The molecule has 2 aliphatic rings. The summed E-state index contributed by atoms with van der Waals surface area (Å²) >= 11 is 0. The van der Waals surface area contributed by atoms with Crippen LogP contribution in [0.2, 0.25) is 0 Å². The molecule has 0 unspecified atom stereocenters. The zero-order valence-electron chi connectivity index (χ0n) is 19.0. The maximum absolute atomic E-state index is 12.5. The van der Waals surface area contributed by atoms with Crippen LogP contribution in [0.4, 0.5) is 4.79 Å². The lowest BCUT2D eigenvalue weighted by Crippen LogP contribution is -2.48.